The van der Waals surface area contributed by atoms with Gasteiger partial charge in [-0.2, -0.15) is 0 Å². The Bertz CT molecular complexity index is 461. The van der Waals surface area contributed by atoms with Crippen molar-refractivity contribution in [3.8, 4) is 0 Å². The van der Waals surface area contributed by atoms with Crippen LogP contribution in [0.3, 0.4) is 0 Å². The maximum absolute atomic E-state index is 11.4. The van der Waals surface area contributed by atoms with Crippen molar-refractivity contribution in [3.63, 3.8) is 0 Å². The predicted octanol–water partition coefficient (Wildman–Crippen LogP) is 5.01. The van der Waals surface area contributed by atoms with Crippen LogP contribution in [0.25, 0.3) is 0 Å². The van der Waals surface area contributed by atoms with Gasteiger partial charge >= 0.3 is 0 Å². The number of ketones is 1. The minimum absolute atomic E-state index is 0.00171. The van der Waals surface area contributed by atoms with Crippen LogP contribution in [0.4, 0.5) is 0 Å². The standard InChI is InChI=1S/C10H17NO2.C10H20O3.2C2H6/c1-7(2)4-5-11-9(12)6-8(3)10(11)13;1-4-9(12)5-6-10(2,3)13-8-7-11;2*1-2/h7-8H,4-6H2,1-3H3;11H,4-8H2,1-3H3;2*1-2H3. The zero-order valence-corrected chi connectivity index (χ0v) is 21.3. The summed E-state index contributed by atoms with van der Waals surface area (Å²) < 4.78 is 5.37. The van der Waals surface area contributed by atoms with Gasteiger partial charge in [0.2, 0.25) is 11.8 Å². The molecule has 1 atom stereocenters. The maximum Gasteiger partial charge on any atom is 0.232 e. The van der Waals surface area contributed by atoms with E-state index in [1.54, 1.807) is 0 Å². The molecule has 1 heterocycles. The molecule has 0 aromatic heterocycles. The number of ether oxygens (including phenoxy) is 1. The number of amides is 2. The minimum Gasteiger partial charge on any atom is -0.394 e. The Hall–Kier alpha value is -1.27. The topological polar surface area (TPSA) is 83.9 Å². The predicted molar refractivity (Wildman–Crippen MR) is 124 cm³/mol. The van der Waals surface area contributed by atoms with Gasteiger partial charge in [0.1, 0.15) is 5.78 Å². The van der Waals surface area contributed by atoms with E-state index in [0.29, 0.717) is 38.3 Å². The number of carbonyl (C=O) groups is 3. The molecular formula is C24H49NO5. The average Bonchev–Trinajstić information content (AvgIpc) is 2.97. The van der Waals surface area contributed by atoms with Gasteiger partial charge < -0.3 is 9.84 Å². The second kappa shape index (κ2) is 19.7. The first kappa shape index (κ1) is 33.4. The molecule has 0 spiro atoms. The van der Waals surface area contributed by atoms with Crippen molar-refractivity contribution in [3.05, 3.63) is 0 Å². The Morgan fingerprint density at radius 3 is 2.10 bits per heavy atom. The number of hydrogen-bond acceptors (Lipinski definition) is 5. The molecule has 0 aromatic carbocycles. The van der Waals surface area contributed by atoms with E-state index < -0.39 is 0 Å². The van der Waals surface area contributed by atoms with Crippen LogP contribution in [-0.4, -0.2) is 53.0 Å². The van der Waals surface area contributed by atoms with E-state index in [4.69, 9.17) is 9.84 Å². The highest BCUT2D eigenvalue weighted by atomic mass is 16.5. The summed E-state index contributed by atoms with van der Waals surface area (Å²) in [6.45, 7) is 20.7. The van der Waals surface area contributed by atoms with E-state index in [0.717, 1.165) is 12.8 Å². The van der Waals surface area contributed by atoms with Crippen LogP contribution < -0.4 is 0 Å². The molecule has 1 N–H and O–H groups in total. The highest BCUT2D eigenvalue weighted by molar-refractivity contribution is 6.03. The zero-order valence-electron chi connectivity index (χ0n) is 21.3. The van der Waals surface area contributed by atoms with Crippen molar-refractivity contribution in [2.24, 2.45) is 11.8 Å². The van der Waals surface area contributed by atoms with Gasteiger partial charge in [-0.15, -0.1) is 0 Å². The molecule has 1 aliphatic rings. The monoisotopic (exact) mass is 431 g/mol. The highest BCUT2D eigenvalue weighted by Gasteiger charge is 2.34. The van der Waals surface area contributed by atoms with Gasteiger partial charge in [-0.05, 0) is 32.6 Å². The van der Waals surface area contributed by atoms with E-state index >= 15 is 0 Å². The van der Waals surface area contributed by atoms with E-state index in [1.165, 1.54) is 4.90 Å². The normalized spacial score (nSPS) is 15.6. The fourth-order valence-electron chi connectivity index (χ4n) is 2.48. The maximum atomic E-state index is 11.4. The van der Waals surface area contributed by atoms with Crippen LogP contribution in [0.15, 0.2) is 0 Å². The first-order valence-corrected chi connectivity index (χ1v) is 11.6. The van der Waals surface area contributed by atoms with E-state index in [1.807, 2.05) is 55.4 Å². The Balaban J connectivity index is -0.000000416. The van der Waals surface area contributed by atoms with Crippen molar-refractivity contribution in [1.82, 2.24) is 4.90 Å². The molecule has 1 rings (SSSR count). The molecule has 2 amide bonds. The SMILES string of the molecule is CC.CC.CC(C)CCN1C(=O)CC(C)C1=O.CCC(=O)CCC(C)(C)OCCO. The first-order chi connectivity index (χ1) is 14.0. The number of aliphatic hydroxyl groups is 1. The van der Waals surface area contributed by atoms with Crippen molar-refractivity contribution < 1.29 is 24.2 Å². The van der Waals surface area contributed by atoms with E-state index in [2.05, 4.69) is 13.8 Å². The molecule has 6 heteroatoms. The Kier molecular flexibility index (Phi) is 21.9. The summed E-state index contributed by atoms with van der Waals surface area (Å²) in [6.07, 6.45) is 3.19. The summed E-state index contributed by atoms with van der Waals surface area (Å²) in [4.78, 5) is 35.2. The smallest absolute Gasteiger partial charge is 0.232 e. The summed E-state index contributed by atoms with van der Waals surface area (Å²) in [5.41, 5.74) is -0.298. The molecule has 1 unspecified atom stereocenters. The molecule has 0 aromatic rings. The van der Waals surface area contributed by atoms with E-state index in [-0.39, 0.29) is 35.7 Å². The second-order valence-corrected chi connectivity index (χ2v) is 7.90. The van der Waals surface area contributed by atoms with Gasteiger partial charge in [0, 0.05) is 31.7 Å². The van der Waals surface area contributed by atoms with Gasteiger partial charge in [0.15, 0.2) is 0 Å². The molecule has 6 nitrogen and oxygen atoms in total. The summed E-state index contributed by atoms with van der Waals surface area (Å²) in [6, 6.07) is 0. The summed E-state index contributed by atoms with van der Waals surface area (Å²) >= 11 is 0. The van der Waals surface area contributed by atoms with Gasteiger partial charge in [0.05, 0.1) is 18.8 Å². The third-order valence-corrected chi connectivity index (χ3v) is 4.38. The number of nitrogens with zero attached hydrogens (tertiary/aromatic N) is 1. The van der Waals surface area contributed by atoms with Gasteiger partial charge in [-0.3, -0.25) is 19.3 Å². The van der Waals surface area contributed by atoms with Crippen molar-refractivity contribution >= 4 is 17.6 Å². The third-order valence-electron chi connectivity index (χ3n) is 4.38. The lowest BCUT2D eigenvalue weighted by atomic mass is 10.00. The fourth-order valence-corrected chi connectivity index (χ4v) is 2.48. The van der Waals surface area contributed by atoms with Crippen LogP contribution in [0.2, 0.25) is 0 Å². The van der Waals surface area contributed by atoms with Crippen molar-refractivity contribution in [2.45, 2.75) is 107 Å². The second-order valence-electron chi connectivity index (χ2n) is 7.90. The fraction of sp³-hybridized carbons (Fsp3) is 0.875. The summed E-state index contributed by atoms with van der Waals surface area (Å²) in [5, 5.41) is 8.56. The molecular weight excluding hydrogens is 382 g/mol. The quantitative estimate of drug-likeness (QED) is 0.491. The number of imide groups is 1. The number of likely N-dealkylation sites (tertiary alicyclic amines) is 1. The van der Waals surface area contributed by atoms with Crippen LogP contribution >= 0.6 is 0 Å². The zero-order chi connectivity index (χ0) is 24.3. The lowest BCUT2D eigenvalue weighted by Gasteiger charge is -2.24. The van der Waals surface area contributed by atoms with Crippen molar-refractivity contribution in [2.75, 3.05) is 19.8 Å². The summed E-state index contributed by atoms with van der Waals surface area (Å²) in [7, 11) is 0. The third kappa shape index (κ3) is 16.5. The molecule has 0 radical (unpaired) electrons. The van der Waals surface area contributed by atoms with Crippen LogP contribution in [0.1, 0.15) is 101 Å². The largest absolute Gasteiger partial charge is 0.394 e. The van der Waals surface area contributed by atoms with Gasteiger partial charge in [0.25, 0.3) is 0 Å². The van der Waals surface area contributed by atoms with Gasteiger partial charge in [-0.25, -0.2) is 0 Å². The van der Waals surface area contributed by atoms with Crippen LogP contribution in [0, 0.1) is 11.8 Å². The minimum atomic E-state index is -0.298. The Morgan fingerprint density at radius 1 is 1.20 bits per heavy atom. The summed E-state index contributed by atoms with van der Waals surface area (Å²) in [5.74, 6) is 0.709. The van der Waals surface area contributed by atoms with Crippen LogP contribution in [-0.2, 0) is 19.1 Å². The highest BCUT2D eigenvalue weighted by Crippen LogP contribution is 2.19. The molecule has 30 heavy (non-hydrogen) atoms. The molecule has 1 aliphatic heterocycles. The Labute approximate surface area is 185 Å². The molecule has 0 bridgehead atoms. The number of rotatable bonds is 10. The average molecular weight is 432 g/mol. The van der Waals surface area contributed by atoms with Gasteiger partial charge in [-0.1, -0.05) is 55.4 Å². The molecule has 180 valence electrons. The number of Topliss-reactive ketones (excluding diaryl/α,β-unsaturated/α-hetero) is 1. The number of aliphatic hydroxyl groups excluding tert-OH is 1. The molecule has 0 aliphatic carbocycles. The number of carbonyl (C=O) groups excluding carboxylic acids is 3. The van der Waals surface area contributed by atoms with Crippen LogP contribution in [0.5, 0.6) is 0 Å². The molecule has 0 saturated carbocycles. The first-order valence-electron chi connectivity index (χ1n) is 11.6. The molecule has 1 fully saturated rings. The van der Waals surface area contributed by atoms with Crippen molar-refractivity contribution in [1.29, 1.82) is 0 Å². The lowest BCUT2D eigenvalue weighted by molar-refractivity contribution is -0.139. The lowest BCUT2D eigenvalue weighted by Crippen LogP contribution is -2.31. The Morgan fingerprint density at radius 2 is 1.73 bits per heavy atom. The molecule has 1 saturated heterocycles. The van der Waals surface area contributed by atoms with E-state index in [9.17, 15) is 14.4 Å². The number of hydrogen-bond donors (Lipinski definition) is 1.